The zero-order valence-corrected chi connectivity index (χ0v) is 10.6. The summed E-state index contributed by atoms with van der Waals surface area (Å²) in [6.07, 6.45) is 8.04. The van der Waals surface area contributed by atoms with Gasteiger partial charge >= 0.3 is 0 Å². The summed E-state index contributed by atoms with van der Waals surface area (Å²) in [7, 11) is 2.00. The molecular weight excluding hydrogens is 202 g/mol. The van der Waals surface area contributed by atoms with Crippen molar-refractivity contribution in [1.29, 1.82) is 0 Å². The van der Waals surface area contributed by atoms with Crippen LogP contribution in [0.1, 0.15) is 45.4 Å². The van der Waals surface area contributed by atoms with Crippen LogP contribution in [0.4, 0.5) is 0 Å². The number of likely N-dealkylation sites (N-methyl/N-ethyl adjacent to an activating group) is 1. The second kappa shape index (κ2) is 6.36. The predicted molar refractivity (Wildman–Crippen MR) is 65.4 cm³/mol. The number of hydrogen-bond acceptors (Lipinski definition) is 3. The number of aliphatic hydroxyl groups excluding tert-OH is 1. The van der Waals surface area contributed by atoms with Gasteiger partial charge in [0.25, 0.3) is 0 Å². The van der Waals surface area contributed by atoms with E-state index in [-0.39, 0.29) is 18.1 Å². The molecule has 94 valence electrons. The van der Waals surface area contributed by atoms with E-state index in [1.54, 1.807) is 0 Å². The summed E-state index contributed by atoms with van der Waals surface area (Å²) in [5.41, 5.74) is -0.158. The molecule has 0 heterocycles. The zero-order valence-electron chi connectivity index (χ0n) is 10.6. The lowest BCUT2D eigenvalue weighted by molar-refractivity contribution is -0.118. The largest absolute Gasteiger partial charge is 0.395 e. The number of nitrogens with zero attached hydrogens (tertiary/aromatic N) is 1. The van der Waals surface area contributed by atoms with E-state index >= 15 is 0 Å². The monoisotopic (exact) mass is 227 g/mol. The number of rotatable bonds is 5. The van der Waals surface area contributed by atoms with Crippen molar-refractivity contribution in [3.8, 4) is 0 Å². The summed E-state index contributed by atoms with van der Waals surface area (Å²) in [4.78, 5) is 13.5. The van der Waals surface area contributed by atoms with E-state index in [1.165, 1.54) is 32.0 Å². The molecule has 1 rings (SSSR count). The smallest absolute Gasteiger partial charge is 0.127 e. The first-order valence-electron chi connectivity index (χ1n) is 6.41. The van der Waals surface area contributed by atoms with Gasteiger partial charge in [0.15, 0.2) is 0 Å². The molecule has 0 aromatic heterocycles. The molecule has 3 nitrogen and oxygen atoms in total. The van der Waals surface area contributed by atoms with Crippen LogP contribution in [0.2, 0.25) is 0 Å². The van der Waals surface area contributed by atoms with Gasteiger partial charge in [0.1, 0.15) is 6.29 Å². The molecule has 1 fully saturated rings. The lowest BCUT2D eigenvalue weighted by Gasteiger charge is -2.34. The van der Waals surface area contributed by atoms with E-state index in [0.29, 0.717) is 0 Å². The maximum absolute atomic E-state index is 11.4. The maximum atomic E-state index is 11.4. The minimum absolute atomic E-state index is 0.139. The highest BCUT2D eigenvalue weighted by atomic mass is 16.3. The van der Waals surface area contributed by atoms with E-state index in [1.807, 2.05) is 14.0 Å². The Balaban J connectivity index is 2.60. The summed E-state index contributed by atoms with van der Waals surface area (Å²) >= 11 is 0. The Morgan fingerprint density at radius 1 is 1.31 bits per heavy atom. The molecule has 0 spiro atoms. The highest BCUT2D eigenvalue weighted by Gasteiger charge is 2.32. The van der Waals surface area contributed by atoms with Gasteiger partial charge in [-0.25, -0.2) is 0 Å². The fourth-order valence-corrected chi connectivity index (χ4v) is 2.54. The molecule has 0 aromatic rings. The SMILES string of the molecule is CC(CO)N(C)CC1(C=O)CCCCCC1. The second-order valence-electron chi connectivity index (χ2n) is 5.34. The average molecular weight is 227 g/mol. The summed E-state index contributed by atoms with van der Waals surface area (Å²) in [6.45, 7) is 2.94. The van der Waals surface area contributed by atoms with Crippen LogP contribution >= 0.6 is 0 Å². The standard InChI is InChI=1S/C13H25NO2/c1-12(9-15)14(2)10-13(11-16)7-5-3-4-6-8-13/h11-12,15H,3-10H2,1-2H3. The number of carbonyl (C=O) groups is 1. The second-order valence-corrected chi connectivity index (χ2v) is 5.34. The molecule has 1 atom stereocenters. The summed E-state index contributed by atoms with van der Waals surface area (Å²) in [5.74, 6) is 0. The molecule has 1 saturated carbocycles. The van der Waals surface area contributed by atoms with Crippen molar-refractivity contribution < 1.29 is 9.90 Å². The summed E-state index contributed by atoms with van der Waals surface area (Å²) < 4.78 is 0. The van der Waals surface area contributed by atoms with Gasteiger partial charge in [0.2, 0.25) is 0 Å². The number of aliphatic hydroxyl groups is 1. The van der Waals surface area contributed by atoms with Crippen molar-refractivity contribution >= 4 is 6.29 Å². The molecule has 1 aliphatic rings. The van der Waals surface area contributed by atoms with Crippen LogP contribution < -0.4 is 0 Å². The molecule has 0 aliphatic heterocycles. The van der Waals surface area contributed by atoms with Gasteiger partial charge in [-0.05, 0) is 26.8 Å². The topological polar surface area (TPSA) is 40.5 Å². The molecule has 3 heteroatoms. The fourth-order valence-electron chi connectivity index (χ4n) is 2.54. The minimum Gasteiger partial charge on any atom is -0.395 e. The quantitative estimate of drug-likeness (QED) is 0.575. The fraction of sp³-hybridized carbons (Fsp3) is 0.923. The lowest BCUT2D eigenvalue weighted by Crippen LogP contribution is -2.42. The van der Waals surface area contributed by atoms with E-state index in [0.717, 1.165) is 19.4 Å². The van der Waals surface area contributed by atoms with Crippen molar-refractivity contribution in [3.05, 3.63) is 0 Å². The van der Waals surface area contributed by atoms with Crippen LogP contribution in [0.15, 0.2) is 0 Å². The number of carbonyl (C=O) groups excluding carboxylic acids is 1. The molecule has 1 N–H and O–H groups in total. The van der Waals surface area contributed by atoms with Crippen molar-refractivity contribution in [3.63, 3.8) is 0 Å². The molecule has 0 aromatic carbocycles. The van der Waals surface area contributed by atoms with Crippen LogP contribution in [0.5, 0.6) is 0 Å². The van der Waals surface area contributed by atoms with Crippen molar-refractivity contribution in [2.45, 2.75) is 51.5 Å². The van der Waals surface area contributed by atoms with E-state index in [9.17, 15) is 4.79 Å². The number of aldehydes is 1. The number of hydrogen-bond donors (Lipinski definition) is 1. The van der Waals surface area contributed by atoms with Gasteiger partial charge in [-0.1, -0.05) is 25.7 Å². The minimum atomic E-state index is -0.158. The van der Waals surface area contributed by atoms with Crippen LogP contribution in [0.3, 0.4) is 0 Å². The molecule has 0 radical (unpaired) electrons. The van der Waals surface area contributed by atoms with Crippen molar-refractivity contribution in [1.82, 2.24) is 4.90 Å². The van der Waals surface area contributed by atoms with Crippen LogP contribution in [0, 0.1) is 5.41 Å². The third-order valence-corrected chi connectivity index (χ3v) is 3.93. The first kappa shape index (κ1) is 13.7. The highest BCUT2D eigenvalue weighted by Crippen LogP contribution is 2.34. The molecule has 0 amide bonds. The molecular formula is C13H25NO2. The van der Waals surface area contributed by atoms with Gasteiger partial charge in [-0.2, -0.15) is 0 Å². The first-order chi connectivity index (χ1) is 7.63. The Kier molecular flexibility index (Phi) is 5.42. The molecule has 1 unspecified atom stereocenters. The van der Waals surface area contributed by atoms with Gasteiger partial charge in [-0.3, -0.25) is 0 Å². The molecule has 16 heavy (non-hydrogen) atoms. The Hall–Kier alpha value is -0.410. The van der Waals surface area contributed by atoms with Gasteiger partial charge in [-0.15, -0.1) is 0 Å². The van der Waals surface area contributed by atoms with Gasteiger partial charge < -0.3 is 14.8 Å². The summed E-state index contributed by atoms with van der Waals surface area (Å²) in [5, 5.41) is 9.12. The predicted octanol–water partition coefficient (Wildman–Crippen LogP) is 1.84. The molecule has 1 aliphatic carbocycles. The van der Waals surface area contributed by atoms with E-state index < -0.39 is 0 Å². The Morgan fingerprint density at radius 2 is 1.88 bits per heavy atom. The van der Waals surface area contributed by atoms with Crippen LogP contribution in [0.25, 0.3) is 0 Å². The lowest BCUT2D eigenvalue weighted by atomic mass is 9.81. The highest BCUT2D eigenvalue weighted by molar-refractivity contribution is 5.59. The maximum Gasteiger partial charge on any atom is 0.127 e. The zero-order chi connectivity index (χ0) is 12.0. The van der Waals surface area contributed by atoms with Crippen LogP contribution in [-0.2, 0) is 4.79 Å². The van der Waals surface area contributed by atoms with Gasteiger partial charge in [0.05, 0.1) is 6.61 Å². The van der Waals surface area contributed by atoms with Gasteiger partial charge in [0, 0.05) is 18.0 Å². The van der Waals surface area contributed by atoms with E-state index in [4.69, 9.17) is 5.11 Å². The average Bonchev–Trinajstić information content (AvgIpc) is 2.54. The van der Waals surface area contributed by atoms with Crippen LogP contribution in [-0.4, -0.2) is 42.5 Å². The van der Waals surface area contributed by atoms with Crippen molar-refractivity contribution in [2.24, 2.45) is 5.41 Å². The van der Waals surface area contributed by atoms with Crippen molar-refractivity contribution in [2.75, 3.05) is 20.2 Å². The third kappa shape index (κ3) is 3.56. The molecule has 0 saturated heterocycles. The first-order valence-corrected chi connectivity index (χ1v) is 6.41. The van der Waals surface area contributed by atoms with E-state index in [2.05, 4.69) is 4.90 Å². The third-order valence-electron chi connectivity index (χ3n) is 3.93. The molecule has 0 bridgehead atoms. The Labute approximate surface area is 98.8 Å². The normalized spacial score (nSPS) is 22.8. The Bertz CT molecular complexity index is 210. The summed E-state index contributed by atoms with van der Waals surface area (Å²) in [6, 6.07) is 0.139. The Morgan fingerprint density at radius 3 is 2.31 bits per heavy atom.